The summed E-state index contributed by atoms with van der Waals surface area (Å²) < 4.78 is 5.94. The van der Waals surface area contributed by atoms with E-state index in [-0.39, 0.29) is 18.3 Å². The fraction of sp³-hybridized carbons (Fsp3) is 0.462. The summed E-state index contributed by atoms with van der Waals surface area (Å²) in [5, 5.41) is 6.14. The number of benzene rings is 1. The van der Waals surface area contributed by atoms with E-state index >= 15 is 0 Å². The summed E-state index contributed by atoms with van der Waals surface area (Å²) in [6.45, 7) is 2.05. The summed E-state index contributed by atoms with van der Waals surface area (Å²) in [6.07, 6.45) is 2.88. The molecule has 2 aliphatic heterocycles. The lowest BCUT2D eigenvalue weighted by molar-refractivity contribution is -0.115. The fourth-order valence-corrected chi connectivity index (χ4v) is 2.38. The first kappa shape index (κ1) is 13.2. The highest BCUT2D eigenvalue weighted by atomic mass is 35.5. The Balaban J connectivity index is 0.00000120. The molecule has 5 heteroatoms. The molecule has 0 atom stereocenters. The van der Waals surface area contributed by atoms with Crippen molar-refractivity contribution in [2.45, 2.75) is 25.4 Å². The van der Waals surface area contributed by atoms with Gasteiger partial charge in [-0.25, -0.2) is 0 Å². The standard InChI is InChI=1S/C13H16N2O2.ClH/c16-13-8-9-7-11(1-2-12(9)15-13)17-10-3-5-14-6-4-10;/h1-2,7,10,14H,3-6,8H2,(H,15,16);1H. The van der Waals surface area contributed by atoms with Gasteiger partial charge in [0.05, 0.1) is 6.42 Å². The number of rotatable bonds is 2. The Labute approximate surface area is 113 Å². The van der Waals surface area contributed by atoms with Crippen molar-refractivity contribution in [3.63, 3.8) is 0 Å². The third kappa shape index (κ3) is 2.76. The van der Waals surface area contributed by atoms with Crippen molar-refractivity contribution in [1.82, 2.24) is 5.32 Å². The molecule has 0 radical (unpaired) electrons. The van der Waals surface area contributed by atoms with Crippen LogP contribution in [0.15, 0.2) is 18.2 Å². The predicted octanol–water partition coefficient (Wildman–Crippen LogP) is 1.73. The molecule has 0 aliphatic carbocycles. The molecule has 0 aromatic heterocycles. The van der Waals surface area contributed by atoms with E-state index in [4.69, 9.17) is 4.74 Å². The normalized spacial score (nSPS) is 18.8. The Kier molecular flexibility index (Phi) is 4.09. The Morgan fingerprint density at radius 3 is 2.78 bits per heavy atom. The molecule has 0 unspecified atom stereocenters. The summed E-state index contributed by atoms with van der Waals surface area (Å²) in [5.41, 5.74) is 1.97. The maximum Gasteiger partial charge on any atom is 0.228 e. The van der Waals surface area contributed by atoms with Crippen LogP contribution in [0, 0.1) is 0 Å². The fourth-order valence-electron chi connectivity index (χ4n) is 2.38. The highest BCUT2D eigenvalue weighted by Gasteiger charge is 2.19. The van der Waals surface area contributed by atoms with Crippen LogP contribution >= 0.6 is 12.4 Å². The first-order valence-corrected chi connectivity index (χ1v) is 6.11. The highest BCUT2D eigenvalue weighted by Crippen LogP contribution is 2.28. The molecule has 98 valence electrons. The number of anilines is 1. The molecule has 0 saturated carbocycles. The van der Waals surface area contributed by atoms with Crippen molar-refractivity contribution >= 4 is 24.0 Å². The van der Waals surface area contributed by atoms with E-state index in [1.165, 1.54) is 0 Å². The van der Waals surface area contributed by atoms with E-state index in [1.807, 2.05) is 18.2 Å². The predicted molar refractivity (Wildman–Crippen MR) is 72.5 cm³/mol. The van der Waals surface area contributed by atoms with Gasteiger partial charge in [0, 0.05) is 5.69 Å². The zero-order valence-electron chi connectivity index (χ0n) is 10.1. The molecule has 1 aromatic carbocycles. The maximum absolute atomic E-state index is 11.2. The minimum absolute atomic E-state index is 0. The summed E-state index contributed by atoms with van der Waals surface area (Å²) in [6, 6.07) is 5.85. The van der Waals surface area contributed by atoms with Crippen molar-refractivity contribution in [2.24, 2.45) is 0 Å². The quantitative estimate of drug-likeness (QED) is 0.859. The molecule has 0 bridgehead atoms. The number of fused-ring (bicyclic) bond motifs is 1. The molecule has 3 rings (SSSR count). The topological polar surface area (TPSA) is 50.4 Å². The van der Waals surface area contributed by atoms with Crippen LogP contribution in [0.4, 0.5) is 5.69 Å². The molecular formula is C13H17ClN2O2. The van der Waals surface area contributed by atoms with E-state index in [2.05, 4.69) is 10.6 Å². The van der Waals surface area contributed by atoms with E-state index in [1.54, 1.807) is 0 Å². The van der Waals surface area contributed by atoms with Crippen molar-refractivity contribution in [2.75, 3.05) is 18.4 Å². The zero-order valence-corrected chi connectivity index (χ0v) is 10.9. The van der Waals surface area contributed by atoms with E-state index < -0.39 is 0 Å². The molecule has 2 N–H and O–H groups in total. The second-order valence-electron chi connectivity index (χ2n) is 4.61. The van der Waals surface area contributed by atoms with Gasteiger partial charge >= 0.3 is 0 Å². The van der Waals surface area contributed by atoms with Crippen molar-refractivity contribution in [3.05, 3.63) is 23.8 Å². The van der Waals surface area contributed by atoms with Gasteiger partial charge in [-0.05, 0) is 49.7 Å². The monoisotopic (exact) mass is 268 g/mol. The van der Waals surface area contributed by atoms with Gasteiger partial charge in [0.1, 0.15) is 11.9 Å². The number of ether oxygens (including phenoxy) is 1. The molecule has 4 nitrogen and oxygen atoms in total. The second-order valence-corrected chi connectivity index (χ2v) is 4.61. The van der Waals surface area contributed by atoms with Crippen LogP contribution in [0.2, 0.25) is 0 Å². The van der Waals surface area contributed by atoms with Crippen LogP contribution in [-0.2, 0) is 11.2 Å². The Hall–Kier alpha value is -1.26. The van der Waals surface area contributed by atoms with Gasteiger partial charge in [0.2, 0.25) is 5.91 Å². The van der Waals surface area contributed by atoms with Gasteiger partial charge in [-0.3, -0.25) is 4.79 Å². The van der Waals surface area contributed by atoms with Crippen LogP contribution in [-0.4, -0.2) is 25.1 Å². The van der Waals surface area contributed by atoms with Gasteiger partial charge in [-0.2, -0.15) is 0 Å². The summed E-state index contributed by atoms with van der Waals surface area (Å²) in [5.74, 6) is 0.950. The number of amides is 1. The molecule has 2 heterocycles. The van der Waals surface area contributed by atoms with Gasteiger partial charge in [-0.1, -0.05) is 0 Å². The van der Waals surface area contributed by atoms with Gasteiger partial charge in [0.15, 0.2) is 0 Å². The highest BCUT2D eigenvalue weighted by molar-refractivity contribution is 5.99. The molecule has 18 heavy (non-hydrogen) atoms. The summed E-state index contributed by atoms with van der Waals surface area (Å²) in [4.78, 5) is 11.2. The first-order valence-electron chi connectivity index (χ1n) is 6.11. The number of carbonyl (C=O) groups is 1. The van der Waals surface area contributed by atoms with Crippen LogP contribution in [0.5, 0.6) is 5.75 Å². The first-order chi connectivity index (χ1) is 8.31. The lowest BCUT2D eigenvalue weighted by Gasteiger charge is -2.24. The van der Waals surface area contributed by atoms with Crippen LogP contribution in [0.25, 0.3) is 0 Å². The van der Waals surface area contributed by atoms with Crippen molar-refractivity contribution < 1.29 is 9.53 Å². The summed E-state index contributed by atoms with van der Waals surface area (Å²) in [7, 11) is 0. The maximum atomic E-state index is 11.2. The number of carbonyl (C=O) groups excluding carboxylic acids is 1. The molecular weight excluding hydrogens is 252 g/mol. The smallest absolute Gasteiger partial charge is 0.228 e. The Morgan fingerprint density at radius 2 is 2.00 bits per heavy atom. The van der Waals surface area contributed by atoms with Gasteiger partial charge in [0.25, 0.3) is 0 Å². The molecule has 1 fully saturated rings. The SMILES string of the molecule is Cl.O=C1Cc2cc(OC3CCNCC3)ccc2N1. The Morgan fingerprint density at radius 1 is 1.22 bits per heavy atom. The van der Waals surface area contributed by atoms with E-state index in [9.17, 15) is 4.79 Å². The molecule has 2 aliphatic rings. The average molecular weight is 269 g/mol. The second kappa shape index (κ2) is 5.59. The lowest BCUT2D eigenvalue weighted by Crippen LogP contribution is -2.34. The summed E-state index contributed by atoms with van der Waals surface area (Å²) >= 11 is 0. The van der Waals surface area contributed by atoms with Crippen LogP contribution < -0.4 is 15.4 Å². The van der Waals surface area contributed by atoms with Gasteiger partial charge < -0.3 is 15.4 Å². The Bertz CT molecular complexity index is 445. The molecule has 1 aromatic rings. The minimum Gasteiger partial charge on any atom is -0.490 e. The molecule has 1 amide bonds. The number of hydrogen-bond acceptors (Lipinski definition) is 3. The number of nitrogens with one attached hydrogen (secondary N) is 2. The lowest BCUT2D eigenvalue weighted by atomic mass is 10.1. The van der Waals surface area contributed by atoms with E-state index in [0.29, 0.717) is 12.5 Å². The molecule has 0 spiro atoms. The zero-order chi connectivity index (χ0) is 11.7. The largest absolute Gasteiger partial charge is 0.490 e. The van der Waals surface area contributed by atoms with Crippen molar-refractivity contribution in [3.8, 4) is 5.75 Å². The number of halogens is 1. The number of hydrogen-bond donors (Lipinski definition) is 2. The molecule has 1 saturated heterocycles. The number of piperidine rings is 1. The van der Waals surface area contributed by atoms with Crippen LogP contribution in [0.3, 0.4) is 0 Å². The third-order valence-corrected chi connectivity index (χ3v) is 3.29. The van der Waals surface area contributed by atoms with Crippen molar-refractivity contribution in [1.29, 1.82) is 0 Å². The van der Waals surface area contributed by atoms with Gasteiger partial charge in [-0.15, -0.1) is 12.4 Å². The van der Waals surface area contributed by atoms with Crippen LogP contribution in [0.1, 0.15) is 18.4 Å². The average Bonchev–Trinajstić information content (AvgIpc) is 2.70. The minimum atomic E-state index is 0. The van der Waals surface area contributed by atoms with E-state index in [0.717, 1.165) is 42.9 Å². The third-order valence-electron chi connectivity index (χ3n) is 3.29.